The first-order valence-corrected chi connectivity index (χ1v) is 10.8. The summed E-state index contributed by atoms with van der Waals surface area (Å²) in [6.07, 6.45) is -0.157. The van der Waals surface area contributed by atoms with Gasteiger partial charge < -0.3 is 4.74 Å². The van der Waals surface area contributed by atoms with Crippen molar-refractivity contribution in [2.75, 3.05) is 0 Å². The molecule has 1 unspecified atom stereocenters. The van der Waals surface area contributed by atoms with Gasteiger partial charge in [0.2, 0.25) is 0 Å². The molecular weight excluding hydrogens is 457 g/mol. The Bertz CT molecular complexity index is 1160. The predicted octanol–water partition coefficient (Wildman–Crippen LogP) is 4.27. The van der Waals surface area contributed by atoms with E-state index in [1.165, 1.54) is 18.3 Å². The number of sulfonamides is 1. The summed E-state index contributed by atoms with van der Waals surface area (Å²) in [6.45, 7) is 1.65. The Morgan fingerprint density at radius 2 is 1.90 bits per heavy atom. The van der Waals surface area contributed by atoms with Gasteiger partial charge in [0.25, 0.3) is 10.0 Å². The molecule has 164 valence electrons. The van der Waals surface area contributed by atoms with E-state index in [4.69, 9.17) is 11.6 Å². The standard InChI is InChI=1S/C20H16ClF3N2O4S/c1-12-16(3-2-10-25-12)19(27)17-11-13(21)4-9-18(17)26-31(28,29)15-7-5-14(6-8-15)30-20(22,23)24/h2-3,5-11,13,26H,4H2,1H3. The van der Waals surface area contributed by atoms with Crippen molar-refractivity contribution in [1.29, 1.82) is 0 Å². The molecular formula is C20H16ClF3N2O4S. The van der Waals surface area contributed by atoms with E-state index >= 15 is 0 Å². The highest BCUT2D eigenvalue weighted by atomic mass is 35.5. The van der Waals surface area contributed by atoms with Gasteiger partial charge in [0, 0.05) is 23.0 Å². The fourth-order valence-corrected chi connectivity index (χ4v) is 4.18. The molecule has 1 aromatic carbocycles. The van der Waals surface area contributed by atoms with Crippen molar-refractivity contribution in [1.82, 2.24) is 9.71 Å². The summed E-state index contributed by atoms with van der Waals surface area (Å²) in [4.78, 5) is 16.8. The monoisotopic (exact) mass is 472 g/mol. The van der Waals surface area contributed by atoms with Crippen molar-refractivity contribution < 1.29 is 31.1 Å². The zero-order valence-corrected chi connectivity index (χ0v) is 17.6. The number of hydrogen-bond acceptors (Lipinski definition) is 5. The zero-order chi connectivity index (χ0) is 22.8. The van der Waals surface area contributed by atoms with E-state index < -0.39 is 33.3 Å². The maximum atomic E-state index is 13.0. The van der Waals surface area contributed by atoms with Crippen LogP contribution in [0.5, 0.6) is 5.75 Å². The number of ketones is 1. The first-order valence-electron chi connectivity index (χ1n) is 8.87. The number of halogens is 4. The minimum Gasteiger partial charge on any atom is -0.406 e. The molecule has 2 aromatic rings. The van der Waals surface area contributed by atoms with Crippen molar-refractivity contribution in [3.05, 3.63) is 77.3 Å². The van der Waals surface area contributed by atoms with Crippen LogP contribution in [0.15, 0.2) is 70.9 Å². The second kappa shape index (κ2) is 8.72. The van der Waals surface area contributed by atoms with Gasteiger partial charge in [-0.3, -0.25) is 14.5 Å². The molecule has 31 heavy (non-hydrogen) atoms. The molecule has 0 aliphatic heterocycles. The zero-order valence-electron chi connectivity index (χ0n) is 16.0. The Morgan fingerprint density at radius 1 is 1.23 bits per heavy atom. The SMILES string of the molecule is Cc1ncccc1C(=O)C1=CC(Cl)CC=C1NS(=O)(=O)c1ccc(OC(F)(F)F)cc1. The molecule has 11 heteroatoms. The summed E-state index contributed by atoms with van der Waals surface area (Å²) in [5.74, 6) is -1.02. The van der Waals surface area contributed by atoms with Crippen molar-refractivity contribution in [2.45, 2.75) is 30.0 Å². The van der Waals surface area contributed by atoms with Gasteiger partial charge in [0.15, 0.2) is 5.78 Å². The number of rotatable bonds is 6. The summed E-state index contributed by atoms with van der Waals surface area (Å²) in [5, 5.41) is -0.511. The number of nitrogens with one attached hydrogen (secondary N) is 1. The van der Waals surface area contributed by atoms with Gasteiger partial charge in [0.1, 0.15) is 5.75 Å². The van der Waals surface area contributed by atoms with Crippen molar-refractivity contribution >= 4 is 27.4 Å². The lowest BCUT2D eigenvalue weighted by atomic mass is 9.95. The van der Waals surface area contributed by atoms with Gasteiger partial charge in [0.05, 0.1) is 16.0 Å². The molecule has 1 heterocycles. The summed E-state index contributed by atoms with van der Waals surface area (Å²) >= 11 is 6.13. The van der Waals surface area contributed by atoms with E-state index in [0.717, 1.165) is 24.3 Å². The van der Waals surface area contributed by atoms with Crippen LogP contribution in [0.25, 0.3) is 0 Å². The van der Waals surface area contributed by atoms with E-state index in [1.54, 1.807) is 19.1 Å². The fraction of sp³-hybridized carbons (Fsp3) is 0.200. The number of carbonyl (C=O) groups is 1. The smallest absolute Gasteiger partial charge is 0.406 e. The lowest BCUT2D eigenvalue weighted by Crippen LogP contribution is -2.28. The van der Waals surface area contributed by atoms with Gasteiger partial charge >= 0.3 is 6.36 Å². The van der Waals surface area contributed by atoms with Crippen LogP contribution >= 0.6 is 11.6 Å². The third-order valence-electron chi connectivity index (χ3n) is 4.29. The quantitative estimate of drug-likeness (QED) is 0.501. The third kappa shape index (κ3) is 5.65. The van der Waals surface area contributed by atoms with Gasteiger partial charge in [-0.1, -0.05) is 12.2 Å². The topological polar surface area (TPSA) is 85.4 Å². The summed E-state index contributed by atoms with van der Waals surface area (Å²) in [7, 11) is -4.20. The van der Waals surface area contributed by atoms with Crippen LogP contribution < -0.4 is 9.46 Å². The molecule has 0 saturated heterocycles. The molecule has 1 aromatic heterocycles. The molecule has 0 radical (unpaired) electrons. The Kier molecular flexibility index (Phi) is 6.42. The number of allylic oxidation sites excluding steroid dienone is 3. The van der Waals surface area contributed by atoms with Crippen LogP contribution in [0.1, 0.15) is 22.5 Å². The molecule has 1 aliphatic rings. The van der Waals surface area contributed by atoms with E-state index in [2.05, 4.69) is 14.4 Å². The minimum absolute atomic E-state index is 0.0285. The van der Waals surface area contributed by atoms with E-state index in [0.29, 0.717) is 11.3 Å². The van der Waals surface area contributed by atoms with Crippen molar-refractivity contribution in [3.63, 3.8) is 0 Å². The molecule has 3 rings (SSSR count). The molecule has 0 bridgehead atoms. The number of ether oxygens (including phenoxy) is 1. The fourth-order valence-electron chi connectivity index (χ4n) is 2.87. The highest BCUT2D eigenvalue weighted by Crippen LogP contribution is 2.27. The summed E-state index contributed by atoms with van der Waals surface area (Å²) in [5.41, 5.74) is 0.842. The van der Waals surface area contributed by atoms with Crippen LogP contribution in [0, 0.1) is 6.92 Å². The highest BCUT2D eigenvalue weighted by Gasteiger charge is 2.31. The normalized spacial score (nSPS) is 16.9. The van der Waals surface area contributed by atoms with E-state index in [-0.39, 0.29) is 22.6 Å². The number of hydrogen-bond donors (Lipinski definition) is 1. The first kappa shape index (κ1) is 22.8. The molecule has 1 atom stereocenters. The molecule has 0 spiro atoms. The Morgan fingerprint density at radius 3 is 2.52 bits per heavy atom. The number of Topliss-reactive ketones (excluding diaryl/α,β-unsaturated/α-hetero) is 1. The lowest BCUT2D eigenvalue weighted by molar-refractivity contribution is -0.274. The van der Waals surface area contributed by atoms with Crippen LogP contribution in [-0.2, 0) is 10.0 Å². The molecule has 0 saturated carbocycles. The van der Waals surface area contributed by atoms with Gasteiger partial charge in [-0.05, 0) is 49.7 Å². The Hall–Kier alpha value is -2.85. The summed E-state index contributed by atoms with van der Waals surface area (Å²) in [6, 6.07) is 6.84. The lowest BCUT2D eigenvalue weighted by Gasteiger charge is -2.20. The predicted molar refractivity (Wildman–Crippen MR) is 107 cm³/mol. The largest absolute Gasteiger partial charge is 0.573 e. The van der Waals surface area contributed by atoms with Crippen LogP contribution in [-0.4, -0.2) is 30.9 Å². The number of benzene rings is 1. The van der Waals surface area contributed by atoms with Gasteiger partial charge in [-0.2, -0.15) is 0 Å². The highest BCUT2D eigenvalue weighted by molar-refractivity contribution is 7.89. The maximum absolute atomic E-state index is 13.0. The average molecular weight is 473 g/mol. The Balaban J connectivity index is 1.86. The molecule has 0 fully saturated rings. The number of pyridine rings is 1. The van der Waals surface area contributed by atoms with Crippen LogP contribution in [0.3, 0.4) is 0 Å². The number of aryl methyl sites for hydroxylation is 1. The van der Waals surface area contributed by atoms with Crippen LogP contribution in [0.4, 0.5) is 13.2 Å². The number of nitrogens with zero attached hydrogens (tertiary/aromatic N) is 1. The van der Waals surface area contributed by atoms with Crippen molar-refractivity contribution in [3.8, 4) is 5.75 Å². The molecule has 0 amide bonds. The molecule has 6 nitrogen and oxygen atoms in total. The van der Waals surface area contributed by atoms with Crippen LogP contribution in [0.2, 0.25) is 0 Å². The number of carbonyl (C=O) groups excluding carboxylic acids is 1. The maximum Gasteiger partial charge on any atom is 0.573 e. The minimum atomic E-state index is -4.89. The Labute approximate surface area is 181 Å². The number of aromatic nitrogens is 1. The van der Waals surface area contributed by atoms with Crippen molar-refractivity contribution in [2.24, 2.45) is 0 Å². The molecule has 1 N–H and O–H groups in total. The molecule has 1 aliphatic carbocycles. The third-order valence-corrected chi connectivity index (χ3v) is 5.98. The van der Waals surface area contributed by atoms with Gasteiger partial charge in [-0.15, -0.1) is 24.8 Å². The van der Waals surface area contributed by atoms with E-state index in [9.17, 15) is 26.4 Å². The van der Waals surface area contributed by atoms with E-state index in [1.807, 2.05) is 0 Å². The number of alkyl halides is 4. The second-order valence-electron chi connectivity index (χ2n) is 6.54. The average Bonchev–Trinajstić information content (AvgIpc) is 2.68. The summed E-state index contributed by atoms with van der Waals surface area (Å²) < 4.78 is 68.4. The van der Waals surface area contributed by atoms with Gasteiger partial charge in [-0.25, -0.2) is 8.42 Å². The second-order valence-corrected chi connectivity index (χ2v) is 8.78. The first-order chi connectivity index (χ1) is 14.5.